The molecule has 26 heavy (non-hydrogen) atoms. The maximum atomic E-state index is 14.1. The lowest BCUT2D eigenvalue weighted by atomic mass is 9.94. The van der Waals surface area contributed by atoms with Crippen molar-refractivity contribution in [2.24, 2.45) is 5.73 Å². The molecule has 140 valence electrons. The molecule has 1 aromatic heterocycles. The Labute approximate surface area is 150 Å². The number of nitrogens with two attached hydrogens (primary N) is 1. The molecule has 5 nitrogen and oxygen atoms in total. The Hall–Kier alpha value is -2.49. The number of hydrogen-bond acceptors (Lipinski definition) is 4. The molecule has 1 atom stereocenters. The third-order valence-corrected chi connectivity index (χ3v) is 4.30. The fraction of sp³-hybridized carbons (Fsp3) is 0.312. The van der Waals surface area contributed by atoms with Gasteiger partial charge in [-0.1, -0.05) is 0 Å². The molecule has 2 aromatic rings. The number of amides is 1. The molecular formula is C16H16F4N4OS. The van der Waals surface area contributed by atoms with Crippen molar-refractivity contribution in [3.05, 3.63) is 46.2 Å². The van der Waals surface area contributed by atoms with Gasteiger partial charge in [0.1, 0.15) is 11.7 Å². The second kappa shape index (κ2) is 7.40. The quantitative estimate of drug-likeness (QED) is 0.383. The van der Waals surface area contributed by atoms with Gasteiger partial charge in [0.15, 0.2) is 10.7 Å². The number of nitrogens with one attached hydrogen (secondary N) is 2. The van der Waals surface area contributed by atoms with Gasteiger partial charge in [0, 0.05) is 23.7 Å². The number of rotatable bonds is 7. The van der Waals surface area contributed by atoms with Crippen molar-refractivity contribution in [3.8, 4) is 0 Å². The Balaban J connectivity index is 2.16. The maximum absolute atomic E-state index is 14.1. The van der Waals surface area contributed by atoms with Crippen LogP contribution in [0, 0.1) is 11.2 Å². The van der Waals surface area contributed by atoms with Gasteiger partial charge in [0.05, 0.1) is 6.42 Å². The van der Waals surface area contributed by atoms with Crippen molar-refractivity contribution in [1.82, 2.24) is 4.98 Å². The number of alkyl halides is 3. The lowest BCUT2D eigenvalue weighted by Crippen LogP contribution is -2.42. The molecule has 0 radical (unpaired) electrons. The first-order chi connectivity index (χ1) is 12.0. The molecule has 0 fully saturated rings. The van der Waals surface area contributed by atoms with Crippen LogP contribution in [0.25, 0.3) is 0 Å². The molecule has 0 aliphatic heterocycles. The summed E-state index contributed by atoms with van der Waals surface area (Å²) in [7, 11) is 0. The molecule has 1 amide bonds. The zero-order chi connectivity index (χ0) is 19.5. The predicted molar refractivity (Wildman–Crippen MR) is 91.2 cm³/mol. The first kappa shape index (κ1) is 19.8. The molecule has 0 spiro atoms. The van der Waals surface area contributed by atoms with Crippen LogP contribution in [-0.4, -0.2) is 28.3 Å². The van der Waals surface area contributed by atoms with Crippen molar-refractivity contribution in [2.75, 3.05) is 5.32 Å². The van der Waals surface area contributed by atoms with Gasteiger partial charge in [0.2, 0.25) is 0 Å². The topological polar surface area (TPSA) is 91.9 Å². The number of benzene rings is 1. The summed E-state index contributed by atoms with van der Waals surface area (Å²) >= 11 is 1.09. The van der Waals surface area contributed by atoms with E-state index in [9.17, 15) is 22.4 Å². The minimum absolute atomic E-state index is 0.104. The second-order valence-electron chi connectivity index (χ2n) is 5.92. The van der Waals surface area contributed by atoms with Crippen LogP contribution in [0.5, 0.6) is 0 Å². The Morgan fingerprint density at radius 1 is 1.38 bits per heavy atom. The summed E-state index contributed by atoms with van der Waals surface area (Å²) in [5, 5.41) is 11.2. The van der Waals surface area contributed by atoms with Crippen LogP contribution in [0.2, 0.25) is 0 Å². The smallest absolute Gasteiger partial charge is 0.284 e. The fourth-order valence-electron chi connectivity index (χ4n) is 2.23. The predicted octanol–water partition coefficient (Wildman–Crippen LogP) is 3.77. The van der Waals surface area contributed by atoms with E-state index in [-0.39, 0.29) is 10.7 Å². The zero-order valence-corrected chi connectivity index (χ0v) is 14.5. The molecule has 10 heteroatoms. The highest BCUT2D eigenvalue weighted by molar-refractivity contribution is 7.11. The normalized spacial score (nSPS) is 13.9. The van der Waals surface area contributed by atoms with Crippen LogP contribution < -0.4 is 11.1 Å². The van der Waals surface area contributed by atoms with E-state index in [0.717, 1.165) is 30.4 Å². The highest BCUT2D eigenvalue weighted by atomic mass is 32.1. The summed E-state index contributed by atoms with van der Waals surface area (Å²) in [4.78, 5) is 15.7. The number of aromatic nitrogens is 1. The van der Waals surface area contributed by atoms with E-state index in [1.165, 1.54) is 12.3 Å². The minimum Gasteiger partial charge on any atom is -0.385 e. The molecule has 0 bridgehead atoms. The summed E-state index contributed by atoms with van der Waals surface area (Å²) < 4.78 is 56.0. The van der Waals surface area contributed by atoms with E-state index in [1.807, 2.05) is 0 Å². The van der Waals surface area contributed by atoms with Crippen LogP contribution >= 0.6 is 11.3 Å². The number of carbonyl (C=O) groups excluding carboxylic acids is 1. The number of anilines is 1. The van der Waals surface area contributed by atoms with Gasteiger partial charge in [-0.2, -0.15) is 0 Å². The molecule has 2 rings (SSSR count). The number of nitrogens with zero attached hydrogens (tertiary/aromatic N) is 1. The van der Waals surface area contributed by atoms with Crippen molar-refractivity contribution < 1.29 is 22.4 Å². The number of hydrogen-bond donors (Lipinski definition) is 3. The summed E-state index contributed by atoms with van der Waals surface area (Å²) in [5.74, 6) is -6.15. The molecule has 0 aliphatic rings. The van der Waals surface area contributed by atoms with Crippen molar-refractivity contribution in [2.45, 2.75) is 31.4 Å². The largest absolute Gasteiger partial charge is 0.385 e. The van der Waals surface area contributed by atoms with Crippen molar-refractivity contribution in [3.63, 3.8) is 0 Å². The average molecular weight is 388 g/mol. The van der Waals surface area contributed by atoms with Gasteiger partial charge in [-0.25, -0.2) is 22.5 Å². The Morgan fingerprint density at radius 3 is 2.65 bits per heavy atom. The van der Waals surface area contributed by atoms with Crippen molar-refractivity contribution in [1.29, 1.82) is 5.41 Å². The summed E-state index contributed by atoms with van der Waals surface area (Å²) in [6, 6.07) is 3.21. The molecule has 0 saturated carbocycles. The van der Waals surface area contributed by atoms with E-state index in [4.69, 9.17) is 11.1 Å². The van der Waals surface area contributed by atoms with Crippen molar-refractivity contribution >= 4 is 28.8 Å². The summed E-state index contributed by atoms with van der Waals surface area (Å²) in [5.41, 5.74) is 1.97. The molecule has 4 N–H and O–H groups in total. The van der Waals surface area contributed by atoms with Gasteiger partial charge in [-0.15, -0.1) is 11.3 Å². The number of halogens is 4. The second-order valence-corrected chi connectivity index (χ2v) is 6.81. The van der Waals surface area contributed by atoms with Crippen LogP contribution in [0.1, 0.15) is 28.7 Å². The van der Waals surface area contributed by atoms with Gasteiger partial charge in [-0.3, -0.25) is 10.2 Å². The Bertz CT molecular complexity index is 809. The number of carbonyl (C=O) groups is 1. The van der Waals surface area contributed by atoms with E-state index in [1.54, 1.807) is 5.38 Å². The summed E-state index contributed by atoms with van der Waals surface area (Å²) in [6.07, 6.45) is -1.03. The van der Waals surface area contributed by atoms with Crippen LogP contribution in [0.4, 0.5) is 23.2 Å². The molecule has 1 aromatic carbocycles. The van der Waals surface area contributed by atoms with E-state index < -0.39 is 47.6 Å². The number of thiazole rings is 1. The monoisotopic (exact) mass is 388 g/mol. The highest BCUT2D eigenvalue weighted by Gasteiger charge is 2.42. The average Bonchev–Trinajstić information content (AvgIpc) is 3.03. The standard InChI is InChI=1S/C16H16F4N4OS/c1-15(18,14(21)22)8-16(19,20)7-9-6-10(2-3-11(9)17)24-12(25)13-23-4-5-26-13/h2-6H,7-8H2,1H3,(H3,21,22)(H,24,25). The number of amidine groups is 1. The van der Waals surface area contributed by atoms with Gasteiger partial charge in [0.25, 0.3) is 11.8 Å². The lowest BCUT2D eigenvalue weighted by molar-refractivity contribution is -0.0365. The first-order valence-electron chi connectivity index (χ1n) is 7.41. The van der Waals surface area contributed by atoms with Gasteiger partial charge < -0.3 is 11.1 Å². The minimum atomic E-state index is -3.64. The van der Waals surface area contributed by atoms with Gasteiger partial charge in [-0.05, 0) is 30.7 Å². The summed E-state index contributed by atoms with van der Waals surface area (Å²) in [6.45, 7) is 0.768. The molecular weight excluding hydrogens is 372 g/mol. The van der Waals surface area contributed by atoms with Crippen LogP contribution in [0.15, 0.2) is 29.8 Å². The molecule has 0 aliphatic carbocycles. The third-order valence-electron chi connectivity index (χ3n) is 3.53. The van der Waals surface area contributed by atoms with E-state index in [0.29, 0.717) is 0 Å². The SMILES string of the molecule is CC(F)(CC(F)(F)Cc1cc(NC(=O)c2nccs2)ccc1F)C(=N)N. The molecule has 0 saturated heterocycles. The van der Waals surface area contributed by atoms with Crippen LogP contribution in [0.3, 0.4) is 0 Å². The van der Waals surface area contributed by atoms with E-state index >= 15 is 0 Å². The molecule has 1 unspecified atom stereocenters. The third kappa shape index (κ3) is 5.01. The maximum Gasteiger partial charge on any atom is 0.284 e. The first-order valence-corrected chi connectivity index (χ1v) is 8.29. The Morgan fingerprint density at radius 2 is 2.08 bits per heavy atom. The molecule has 1 heterocycles. The highest BCUT2D eigenvalue weighted by Crippen LogP contribution is 2.33. The van der Waals surface area contributed by atoms with Crippen LogP contribution in [-0.2, 0) is 6.42 Å². The van der Waals surface area contributed by atoms with Gasteiger partial charge >= 0.3 is 0 Å². The Kier molecular flexibility index (Phi) is 5.65. The lowest BCUT2D eigenvalue weighted by Gasteiger charge is -2.25. The fourth-order valence-corrected chi connectivity index (χ4v) is 2.76. The van der Waals surface area contributed by atoms with E-state index in [2.05, 4.69) is 10.3 Å². The zero-order valence-electron chi connectivity index (χ0n) is 13.7.